The van der Waals surface area contributed by atoms with Gasteiger partial charge in [-0.3, -0.25) is 4.79 Å². The molecule has 0 saturated heterocycles. The van der Waals surface area contributed by atoms with E-state index in [9.17, 15) is 14.7 Å². The third kappa shape index (κ3) is 7.36. The summed E-state index contributed by atoms with van der Waals surface area (Å²) in [6, 6.07) is 19.5. The molecule has 1 amide bonds. The van der Waals surface area contributed by atoms with E-state index in [-0.39, 0.29) is 17.9 Å². The highest BCUT2D eigenvalue weighted by Gasteiger charge is 2.12. The van der Waals surface area contributed by atoms with Crippen molar-refractivity contribution in [3.8, 4) is 11.5 Å². The van der Waals surface area contributed by atoms with Crippen LogP contribution in [0.5, 0.6) is 11.5 Å². The van der Waals surface area contributed by atoms with Gasteiger partial charge in [0.1, 0.15) is 23.7 Å². The Hall–Kier alpha value is -4.00. The third-order valence-electron chi connectivity index (χ3n) is 4.61. The number of carbonyl (C=O) groups excluding carboxylic acids is 1. The zero-order chi connectivity index (χ0) is 23.5. The first-order valence-corrected chi connectivity index (χ1v) is 10.1. The first-order valence-electron chi connectivity index (χ1n) is 10.1. The highest BCUT2D eigenvalue weighted by atomic mass is 16.5. The van der Waals surface area contributed by atoms with Crippen molar-refractivity contribution >= 4 is 23.8 Å². The number of ether oxygens (including phenoxy) is 1. The lowest BCUT2D eigenvalue weighted by Gasteiger charge is -2.11. The molecule has 0 unspecified atom stereocenters. The predicted octanol–water partition coefficient (Wildman–Crippen LogP) is 5.09. The van der Waals surface area contributed by atoms with Crippen molar-refractivity contribution in [3.63, 3.8) is 0 Å². The van der Waals surface area contributed by atoms with Crippen LogP contribution in [0.2, 0.25) is 0 Å². The van der Waals surface area contributed by atoms with E-state index in [1.807, 2.05) is 37.4 Å². The molecule has 4 N–H and O–H groups in total. The van der Waals surface area contributed by atoms with Gasteiger partial charge in [-0.25, -0.2) is 4.79 Å². The topological polar surface area (TPSA) is 108 Å². The number of hydrogen-bond acceptors (Lipinski definition) is 5. The van der Waals surface area contributed by atoms with Gasteiger partial charge < -0.3 is 25.6 Å². The molecule has 3 aromatic carbocycles. The summed E-state index contributed by atoms with van der Waals surface area (Å²) in [5.74, 6) is -0.0881. The number of hydrogen-bond donors (Lipinski definition) is 4. The lowest BCUT2D eigenvalue weighted by Crippen LogP contribution is -2.05. The number of phenols is 1. The summed E-state index contributed by atoms with van der Waals surface area (Å²) in [5, 5.41) is 23.5. The zero-order valence-corrected chi connectivity index (χ0v) is 18.3. The first-order chi connectivity index (χ1) is 15.3. The summed E-state index contributed by atoms with van der Waals surface area (Å²) in [5.41, 5.74) is 3.54. The minimum absolute atomic E-state index is 0.00986. The van der Waals surface area contributed by atoms with Crippen molar-refractivity contribution in [1.29, 1.82) is 0 Å². The van der Waals surface area contributed by atoms with E-state index in [1.165, 1.54) is 17.7 Å². The Morgan fingerprint density at radius 2 is 1.75 bits per heavy atom. The van der Waals surface area contributed by atoms with Crippen LogP contribution in [-0.2, 0) is 11.4 Å². The van der Waals surface area contributed by atoms with Crippen molar-refractivity contribution in [1.82, 2.24) is 0 Å². The van der Waals surface area contributed by atoms with Gasteiger partial charge in [-0.15, -0.1) is 0 Å². The van der Waals surface area contributed by atoms with E-state index in [4.69, 9.17) is 9.84 Å². The van der Waals surface area contributed by atoms with Crippen LogP contribution in [-0.4, -0.2) is 29.6 Å². The van der Waals surface area contributed by atoms with Gasteiger partial charge in [0.05, 0.1) is 0 Å². The van der Waals surface area contributed by atoms with E-state index < -0.39 is 5.97 Å². The highest BCUT2D eigenvalue weighted by Crippen LogP contribution is 2.24. The second-order valence-corrected chi connectivity index (χ2v) is 7.26. The highest BCUT2D eigenvalue weighted by molar-refractivity contribution is 5.92. The molecule has 0 fully saturated rings. The number of aromatic carboxylic acids is 1. The largest absolute Gasteiger partial charge is 0.508 e. The van der Waals surface area contributed by atoms with Crippen molar-refractivity contribution in [2.45, 2.75) is 26.4 Å². The summed E-state index contributed by atoms with van der Waals surface area (Å²) < 4.78 is 5.62. The normalized spacial score (nSPS) is 10.0. The summed E-state index contributed by atoms with van der Waals surface area (Å²) in [7, 11) is 1.81. The van der Waals surface area contributed by atoms with E-state index in [2.05, 4.69) is 24.5 Å². The molecule has 0 aromatic heterocycles. The Morgan fingerprint density at radius 3 is 2.28 bits per heavy atom. The predicted molar refractivity (Wildman–Crippen MR) is 126 cm³/mol. The van der Waals surface area contributed by atoms with Crippen molar-refractivity contribution in [2.75, 3.05) is 17.7 Å². The van der Waals surface area contributed by atoms with Crippen LogP contribution in [0, 0.1) is 0 Å². The Labute approximate surface area is 187 Å². The number of carbonyl (C=O) groups is 2. The lowest BCUT2D eigenvalue weighted by atomic mass is 10.0. The maximum atomic E-state index is 11.3. The smallest absolute Gasteiger partial charge is 0.339 e. The molecular formula is C25H28N2O5. The number of anilines is 2. The maximum absolute atomic E-state index is 11.3. The van der Waals surface area contributed by atoms with Crippen LogP contribution in [0.15, 0.2) is 66.7 Å². The van der Waals surface area contributed by atoms with Crippen molar-refractivity contribution in [3.05, 3.63) is 83.4 Å². The average Bonchev–Trinajstić information content (AvgIpc) is 2.79. The molecule has 0 heterocycles. The molecule has 0 bridgehead atoms. The van der Waals surface area contributed by atoms with E-state index in [1.54, 1.807) is 24.3 Å². The van der Waals surface area contributed by atoms with Gasteiger partial charge in [0.25, 0.3) is 0 Å². The molecule has 0 aliphatic carbocycles. The van der Waals surface area contributed by atoms with Crippen molar-refractivity contribution in [2.24, 2.45) is 0 Å². The number of aromatic hydroxyl groups is 1. The SMILES string of the molecule is CC(C)c1ccc(COc2ccc(NC=O)cc2C(=O)O)cc1.CNc1cccc(O)c1. The fourth-order valence-corrected chi connectivity index (χ4v) is 2.80. The van der Waals surface area contributed by atoms with Crippen LogP contribution in [0.3, 0.4) is 0 Å². The number of carboxylic acids is 1. The first kappa shape index (κ1) is 24.3. The van der Waals surface area contributed by atoms with Gasteiger partial charge >= 0.3 is 5.97 Å². The average molecular weight is 437 g/mol. The molecule has 0 radical (unpaired) electrons. The van der Waals surface area contributed by atoms with Crippen LogP contribution in [0.25, 0.3) is 0 Å². The zero-order valence-electron chi connectivity index (χ0n) is 18.3. The Balaban J connectivity index is 0.000000336. The molecule has 168 valence electrons. The molecule has 7 heteroatoms. The lowest BCUT2D eigenvalue weighted by molar-refractivity contribution is -0.105. The maximum Gasteiger partial charge on any atom is 0.339 e. The van der Waals surface area contributed by atoms with Gasteiger partial charge in [0.2, 0.25) is 6.41 Å². The Bertz CT molecular complexity index is 1030. The van der Waals surface area contributed by atoms with Gasteiger partial charge in [-0.1, -0.05) is 44.2 Å². The fraction of sp³-hybridized carbons (Fsp3) is 0.200. The van der Waals surface area contributed by atoms with Gasteiger partial charge in [-0.05, 0) is 47.4 Å². The molecule has 7 nitrogen and oxygen atoms in total. The van der Waals surface area contributed by atoms with Crippen LogP contribution in [0.4, 0.5) is 11.4 Å². The van der Waals surface area contributed by atoms with E-state index in [0.717, 1.165) is 11.3 Å². The second kappa shape index (κ2) is 12.0. The van der Waals surface area contributed by atoms with Crippen LogP contribution < -0.4 is 15.4 Å². The molecule has 0 spiro atoms. The molecule has 3 aromatic rings. The number of nitrogens with one attached hydrogen (secondary N) is 2. The summed E-state index contributed by atoms with van der Waals surface area (Å²) >= 11 is 0. The second-order valence-electron chi connectivity index (χ2n) is 7.26. The van der Waals surface area contributed by atoms with Gasteiger partial charge in [-0.2, -0.15) is 0 Å². The monoisotopic (exact) mass is 436 g/mol. The Morgan fingerprint density at radius 1 is 1.03 bits per heavy atom. The summed E-state index contributed by atoms with van der Waals surface area (Å²) in [4.78, 5) is 21.7. The van der Waals surface area contributed by atoms with Gasteiger partial charge in [0, 0.05) is 24.5 Å². The fourth-order valence-electron chi connectivity index (χ4n) is 2.80. The number of amides is 1. The number of carboxylic acid groups (broad SMARTS) is 1. The molecular weight excluding hydrogens is 408 g/mol. The van der Waals surface area contributed by atoms with Gasteiger partial charge in [0.15, 0.2) is 0 Å². The number of rotatable bonds is 8. The minimum atomic E-state index is -1.11. The molecule has 3 rings (SSSR count). The van der Waals surface area contributed by atoms with E-state index in [0.29, 0.717) is 23.8 Å². The molecule has 32 heavy (non-hydrogen) atoms. The van der Waals surface area contributed by atoms with Crippen LogP contribution in [0.1, 0.15) is 41.3 Å². The quantitative estimate of drug-likeness (QED) is 0.366. The summed E-state index contributed by atoms with van der Waals surface area (Å²) in [6.45, 7) is 4.53. The molecule has 0 aliphatic heterocycles. The molecule has 0 aliphatic rings. The minimum Gasteiger partial charge on any atom is -0.508 e. The number of phenolic OH excluding ortho intramolecular Hbond substituents is 1. The molecule has 0 saturated carbocycles. The standard InChI is InChI=1S/C18H19NO4.C7H9NO/c1-12(2)14-5-3-13(4-6-14)10-23-17-8-7-15(19-11-20)9-16(17)18(21)22;1-8-6-3-2-4-7(9)5-6/h3-9,11-12H,10H2,1-2H3,(H,19,20)(H,21,22);2-5,8-9H,1H3. The Kier molecular flexibility index (Phi) is 9.10. The van der Waals surface area contributed by atoms with E-state index >= 15 is 0 Å². The molecule has 0 atom stereocenters. The third-order valence-corrected chi connectivity index (χ3v) is 4.61. The van der Waals surface area contributed by atoms with Crippen LogP contribution >= 0.6 is 0 Å². The summed E-state index contributed by atoms with van der Waals surface area (Å²) in [6.07, 6.45) is 0.498. The number of benzene rings is 3. The van der Waals surface area contributed by atoms with Crippen molar-refractivity contribution < 1.29 is 24.5 Å².